The number of rotatable bonds is 5. The predicted octanol–water partition coefficient (Wildman–Crippen LogP) is 1.53. The van der Waals surface area contributed by atoms with Crippen molar-refractivity contribution < 1.29 is 4.79 Å². The summed E-state index contributed by atoms with van der Waals surface area (Å²) in [7, 11) is 1.84. The van der Waals surface area contributed by atoms with E-state index in [1.807, 2.05) is 20.2 Å². The molecule has 0 aliphatic carbocycles. The number of guanidine groups is 1. The van der Waals surface area contributed by atoms with Crippen LogP contribution in [0.5, 0.6) is 0 Å². The van der Waals surface area contributed by atoms with Crippen molar-refractivity contribution in [1.82, 2.24) is 25.0 Å². The minimum atomic E-state index is 0.301. The summed E-state index contributed by atoms with van der Waals surface area (Å²) in [6.45, 7) is 8.89. The minimum absolute atomic E-state index is 0.301. The molecule has 0 bridgehead atoms. The maximum Gasteiger partial charge on any atom is 0.236 e. The van der Waals surface area contributed by atoms with E-state index in [1.54, 1.807) is 0 Å². The molecule has 160 valence electrons. The third kappa shape index (κ3) is 6.70. The summed E-state index contributed by atoms with van der Waals surface area (Å²) in [5, 5.41) is 3.47. The fourth-order valence-corrected chi connectivity index (χ4v) is 4.03. The van der Waals surface area contributed by atoms with Crippen LogP contribution in [0.25, 0.3) is 0 Å². The van der Waals surface area contributed by atoms with E-state index in [2.05, 4.69) is 42.1 Å². The van der Waals surface area contributed by atoms with Gasteiger partial charge in [-0.3, -0.25) is 19.7 Å². The molecular weight excluding hydrogens is 364 g/mol. The number of amides is 1. The first-order chi connectivity index (χ1) is 14.2. The third-order valence-corrected chi connectivity index (χ3v) is 5.87. The Morgan fingerprint density at radius 3 is 2.38 bits per heavy atom. The molecule has 2 saturated heterocycles. The minimum Gasteiger partial charge on any atom is -0.356 e. The van der Waals surface area contributed by atoms with Gasteiger partial charge in [-0.15, -0.1) is 0 Å². The highest BCUT2D eigenvalue weighted by atomic mass is 16.2. The number of piperazine rings is 1. The molecule has 0 atom stereocenters. The van der Waals surface area contributed by atoms with Gasteiger partial charge in [0.2, 0.25) is 5.91 Å². The van der Waals surface area contributed by atoms with Gasteiger partial charge in [0.15, 0.2) is 5.96 Å². The zero-order chi connectivity index (χ0) is 20.5. The maximum absolute atomic E-state index is 12.6. The molecule has 2 aliphatic rings. The standard InChI is InChI=1S/C22H36N6O/c1-19-7-8-20(17-25-19)9-10-24-22(23-2)28-15-13-26(14-16-28)18-21(29)27-11-5-3-4-6-12-27/h7-8,17H,3-6,9-16,18H2,1-2H3,(H,23,24). The van der Waals surface area contributed by atoms with Crippen LogP contribution < -0.4 is 5.32 Å². The maximum atomic E-state index is 12.6. The molecule has 1 aromatic rings. The normalized spacial score (nSPS) is 19.2. The fourth-order valence-electron chi connectivity index (χ4n) is 4.03. The summed E-state index contributed by atoms with van der Waals surface area (Å²) in [6.07, 6.45) is 7.70. The van der Waals surface area contributed by atoms with Gasteiger partial charge in [0.1, 0.15) is 0 Å². The Labute approximate surface area is 175 Å². The zero-order valence-electron chi connectivity index (χ0n) is 18.1. The van der Waals surface area contributed by atoms with Gasteiger partial charge in [0.25, 0.3) is 0 Å². The number of aliphatic imine (C=N–C) groups is 1. The topological polar surface area (TPSA) is 64.1 Å². The molecule has 0 spiro atoms. The summed E-state index contributed by atoms with van der Waals surface area (Å²) in [5.41, 5.74) is 2.28. The average molecular weight is 401 g/mol. The third-order valence-electron chi connectivity index (χ3n) is 5.87. The summed E-state index contributed by atoms with van der Waals surface area (Å²) in [4.78, 5) is 28.1. The smallest absolute Gasteiger partial charge is 0.236 e. The van der Waals surface area contributed by atoms with Gasteiger partial charge < -0.3 is 15.1 Å². The Morgan fingerprint density at radius 1 is 1.03 bits per heavy atom. The van der Waals surface area contributed by atoms with Gasteiger partial charge in [0.05, 0.1) is 6.54 Å². The van der Waals surface area contributed by atoms with Gasteiger partial charge in [-0.1, -0.05) is 18.9 Å². The lowest BCUT2D eigenvalue weighted by Crippen LogP contribution is -2.54. The van der Waals surface area contributed by atoms with E-state index in [1.165, 1.54) is 18.4 Å². The monoisotopic (exact) mass is 400 g/mol. The van der Waals surface area contributed by atoms with Crippen molar-refractivity contribution in [3.63, 3.8) is 0 Å². The van der Waals surface area contributed by atoms with Crippen LogP contribution in [-0.4, -0.2) is 91.0 Å². The van der Waals surface area contributed by atoms with E-state index in [0.29, 0.717) is 12.5 Å². The van der Waals surface area contributed by atoms with Crippen LogP contribution >= 0.6 is 0 Å². The van der Waals surface area contributed by atoms with E-state index in [0.717, 1.165) is 76.7 Å². The second-order valence-electron chi connectivity index (χ2n) is 8.09. The molecule has 7 heteroatoms. The second-order valence-corrected chi connectivity index (χ2v) is 8.09. The number of pyridine rings is 1. The van der Waals surface area contributed by atoms with Crippen LogP contribution in [0.1, 0.15) is 36.9 Å². The van der Waals surface area contributed by atoms with Crippen molar-refractivity contribution in [1.29, 1.82) is 0 Å². The summed E-state index contributed by atoms with van der Waals surface area (Å²) < 4.78 is 0. The highest BCUT2D eigenvalue weighted by Crippen LogP contribution is 2.11. The molecule has 2 fully saturated rings. The number of hydrogen-bond donors (Lipinski definition) is 1. The number of nitrogens with one attached hydrogen (secondary N) is 1. The van der Waals surface area contributed by atoms with E-state index < -0.39 is 0 Å². The summed E-state index contributed by atoms with van der Waals surface area (Å²) >= 11 is 0. The van der Waals surface area contributed by atoms with Crippen LogP contribution in [0.4, 0.5) is 0 Å². The highest BCUT2D eigenvalue weighted by molar-refractivity contribution is 5.80. The molecule has 0 unspecified atom stereocenters. The Bertz CT molecular complexity index is 658. The van der Waals surface area contributed by atoms with Crippen molar-refractivity contribution in [2.45, 2.75) is 39.0 Å². The van der Waals surface area contributed by atoms with E-state index in [9.17, 15) is 4.79 Å². The zero-order valence-corrected chi connectivity index (χ0v) is 18.1. The molecule has 3 heterocycles. The quantitative estimate of drug-likeness (QED) is 0.600. The van der Waals surface area contributed by atoms with Crippen LogP contribution in [0.15, 0.2) is 23.3 Å². The van der Waals surface area contributed by atoms with E-state index in [-0.39, 0.29) is 0 Å². The molecule has 1 aromatic heterocycles. The van der Waals surface area contributed by atoms with E-state index in [4.69, 9.17) is 0 Å². The number of carbonyl (C=O) groups excluding carboxylic acids is 1. The molecule has 1 N–H and O–H groups in total. The lowest BCUT2D eigenvalue weighted by Gasteiger charge is -2.37. The molecule has 29 heavy (non-hydrogen) atoms. The molecule has 0 saturated carbocycles. The first kappa shape index (κ1) is 21.6. The van der Waals surface area contributed by atoms with Gasteiger partial charge in [-0.05, 0) is 37.8 Å². The number of aromatic nitrogens is 1. The van der Waals surface area contributed by atoms with Gasteiger partial charge in [-0.25, -0.2) is 0 Å². The Morgan fingerprint density at radius 2 is 1.76 bits per heavy atom. The van der Waals surface area contributed by atoms with Crippen molar-refractivity contribution >= 4 is 11.9 Å². The molecule has 0 aromatic carbocycles. The lowest BCUT2D eigenvalue weighted by atomic mass is 10.2. The second kappa shape index (κ2) is 11.1. The number of hydrogen-bond acceptors (Lipinski definition) is 4. The summed E-state index contributed by atoms with van der Waals surface area (Å²) in [5.74, 6) is 1.25. The highest BCUT2D eigenvalue weighted by Gasteiger charge is 2.23. The predicted molar refractivity (Wildman–Crippen MR) is 117 cm³/mol. The largest absolute Gasteiger partial charge is 0.356 e. The van der Waals surface area contributed by atoms with E-state index >= 15 is 0 Å². The van der Waals surface area contributed by atoms with Crippen LogP contribution in [0, 0.1) is 6.92 Å². The van der Waals surface area contributed by atoms with Gasteiger partial charge in [0, 0.05) is 64.8 Å². The van der Waals surface area contributed by atoms with Crippen molar-refractivity contribution in [3.8, 4) is 0 Å². The first-order valence-corrected chi connectivity index (χ1v) is 11.0. The van der Waals surface area contributed by atoms with Crippen molar-refractivity contribution in [3.05, 3.63) is 29.6 Å². The Hall–Kier alpha value is -2.15. The van der Waals surface area contributed by atoms with Crippen LogP contribution in [-0.2, 0) is 11.2 Å². The van der Waals surface area contributed by atoms with Gasteiger partial charge in [-0.2, -0.15) is 0 Å². The molecule has 7 nitrogen and oxygen atoms in total. The summed E-state index contributed by atoms with van der Waals surface area (Å²) in [6, 6.07) is 4.18. The lowest BCUT2D eigenvalue weighted by molar-refractivity contribution is -0.132. The molecule has 0 radical (unpaired) electrons. The van der Waals surface area contributed by atoms with Gasteiger partial charge >= 0.3 is 0 Å². The van der Waals surface area contributed by atoms with Crippen molar-refractivity contribution in [2.24, 2.45) is 4.99 Å². The Kier molecular flexibility index (Phi) is 8.28. The molecule has 1 amide bonds. The number of nitrogens with zero attached hydrogens (tertiary/aromatic N) is 5. The first-order valence-electron chi connectivity index (χ1n) is 11.0. The fraction of sp³-hybridized carbons (Fsp3) is 0.682. The SMILES string of the molecule is CN=C(NCCc1ccc(C)nc1)N1CCN(CC(=O)N2CCCCCC2)CC1. The number of likely N-dealkylation sites (tertiary alicyclic amines) is 1. The van der Waals surface area contributed by atoms with Crippen LogP contribution in [0.3, 0.4) is 0 Å². The number of carbonyl (C=O) groups is 1. The van der Waals surface area contributed by atoms with Crippen molar-refractivity contribution in [2.75, 3.05) is 59.4 Å². The van der Waals surface area contributed by atoms with Crippen LogP contribution in [0.2, 0.25) is 0 Å². The Balaban J connectivity index is 1.39. The number of aryl methyl sites for hydroxylation is 1. The average Bonchev–Trinajstić information content (AvgIpc) is 3.03. The molecule has 3 rings (SSSR count). The molecular formula is C22H36N6O. The molecule has 2 aliphatic heterocycles.